The summed E-state index contributed by atoms with van der Waals surface area (Å²) in [6.45, 7) is 6.69. The fourth-order valence-corrected chi connectivity index (χ4v) is 5.46. The average Bonchev–Trinajstić information content (AvgIpc) is 2.32. The molecule has 1 rings (SSSR count). The Hall–Kier alpha value is 0.829. The molecule has 0 aromatic rings. The van der Waals surface area contributed by atoms with Crippen LogP contribution in [-0.4, -0.2) is 30.6 Å². The van der Waals surface area contributed by atoms with Gasteiger partial charge in [0.25, 0.3) is 0 Å². The molecule has 12 heavy (non-hydrogen) atoms. The van der Waals surface area contributed by atoms with Crippen LogP contribution < -0.4 is 0 Å². The molecular weight excluding hydrogens is 235 g/mol. The van der Waals surface area contributed by atoms with E-state index in [4.69, 9.17) is 4.74 Å². The Bertz CT molecular complexity index is 142. The van der Waals surface area contributed by atoms with Crippen molar-refractivity contribution >= 4 is 26.7 Å². The summed E-state index contributed by atoms with van der Waals surface area (Å²) >= 11 is 2.71. The average molecular weight is 253 g/mol. The maximum absolute atomic E-state index is 5.89. The van der Waals surface area contributed by atoms with E-state index in [1.807, 2.05) is 11.8 Å². The number of ether oxygens (including phenoxy) is 1. The molecule has 0 unspecified atom stereocenters. The van der Waals surface area contributed by atoms with Crippen LogP contribution in [0.3, 0.4) is 0 Å². The van der Waals surface area contributed by atoms with Crippen molar-refractivity contribution in [3.8, 4) is 0 Å². The third-order valence-electron chi connectivity index (χ3n) is 1.86. The van der Waals surface area contributed by atoms with Crippen LogP contribution >= 0.6 is 11.8 Å². The number of hydrogen-bond donors (Lipinski definition) is 0. The predicted molar refractivity (Wildman–Crippen MR) is 56.9 cm³/mol. The second-order valence-corrected chi connectivity index (χ2v) is 8.30. The van der Waals surface area contributed by atoms with Crippen LogP contribution in [0, 0.1) is 0 Å². The van der Waals surface area contributed by atoms with Crippen molar-refractivity contribution in [1.29, 1.82) is 0 Å². The van der Waals surface area contributed by atoms with Gasteiger partial charge in [0.1, 0.15) is 0 Å². The first-order valence-electron chi connectivity index (χ1n) is 4.62. The van der Waals surface area contributed by atoms with Crippen molar-refractivity contribution < 1.29 is 4.74 Å². The van der Waals surface area contributed by atoms with Crippen molar-refractivity contribution in [3.63, 3.8) is 0 Å². The van der Waals surface area contributed by atoms with Crippen LogP contribution in [0.15, 0.2) is 0 Å². The van der Waals surface area contributed by atoms with Gasteiger partial charge in [-0.3, -0.25) is 0 Å². The van der Waals surface area contributed by atoms with E-state index < -0.39 is 0 Å². The third kappa shape index (κ3) is 3.29. The van der Waals surface area contributed by atoms with Crippen LogP contribution in [0.25, 0.3) is 0 Å². The van der Waals surface area contributed by atoms with Gasteiger partial charge in [-0.1, -0.05) is 0 Å². The van der Waals surface area contributed by atoms with Crippen molar-refractivity contribution in [2.24, 2.45) is 0 Å². The molecule has 3 heteroatoms. The molecule has 0 aromatic heterocycles. The number of thioether (sulfide) groups is 1. The summed E-state index contributed by atoms with van der Waals surface area (Å²) in [4.78, 5) is 0. The molecule has 0 radical (unpaired) electrons. The quantitative estimate of drug-likeness (QED) is 0.563. The van der Waals surface area contributed by atoms with E-state index in [0.29, 0.717) is 21.1 Å². The van der Waals surface area contributed by atoms with E-state index in [9.17, 15) is 0 Å². The minimum absolute atomic E-state index is 0.196. The second-order valence-electron chi connectivity index (χ2n) is 3.30. The Balaban J connectivity index is 2.21. The summed E-state index contributed by atoms with van der Waals surface area (Å²) in [5.41, 5.74) is 0. The van der Waals surface area contributed by atoms with Gasteiger partial charge in [-0.2, -0.15) is 0 Å². The summed E-state index contributed by atoms with van der Waals surface area (Å²) in [5, 5.41) is 1.29. The molecule has 0 N–H and O–H groups in total. The molecule has 1 heterocycles. The molecular formula is C9H18OSSe. The zero-order valence-electron chi connectivity index (χ0n) is 8.13. The van der Waals surface area contributed by atoms with Crippen LogP contribution in [0.5, 0.6) is 0 Å². The molecule has 2 atom stereocenters. The zero-order chi connectivity index (χ0) is 9.03. The molecule has 0 bridgehead atoms. The van der Waals surface area contributed by atoms with Crippen LogP contribution in [0.1, 0.15) is 33.6 Å². The SMILES string of the molecule is CCCCS[C@]1(C)O[C@H](C)C[Se]1. The Morgan fingerprint density at radius 1 is 1.67 bits per heavy atom. The molecule has 1 saturated heterocycles. The maximum atomic E-state index is 5.89. The molecule has 72 valence electrons. The van der Waals surface area contributed by atoms with E-state index >= 15 is 0 Å². The van der Waals surface area contributed by atoms with E-state index in [0.717, 1.165) is 0 Å². The van der Waals surface area contributed by atoms with Gasteiger partial charge in [-0.25, -0.2) is 0 Å². The first-order valence-corrected chi connectivity index (χ1v) is 7.67. The molecule has 1 aliphatic rings. The number of unbranched alkanes of at least 4 members (excludes halogenated alkanes) is 1. The topological polar surface area (TPSA) is 9.23 Å². The summed E-state index contributed by atoms with van der Waals surface area (Å²) in [5.74, 6) is 1.27. The van der Waals surface area contributed by atoms with Crippen molar-refractivity contribution in [2.45, 2.75) is 48.9 Å². The van der Waals surface area contributed by atoms with Crippen LogP contribution in [-0.2, 0) is 4.74 Å². The van der Waals surface area contributed by atoms with Crippen molar-refractivity contribution in [2.75, 3.05) is 5.75 Å². The number of hydrogen-bond acceptors (Lipinski definition) is 2. The third-order valence-corrected chi connectivity index (χ3v) is 6.96. The van der Waals surface area contributed by atoms with Gasteiger partial charge < -0.3 is 0 Å². The normalized spacial score (nSPS) is 35.8. The fourth-order valence-electron chi connectivity index (χ4n) is 1.18. The Kier molecular flexibility index (Phi) is 4.45. The van der Waals surface area contributed by atoms with Gasteiger partial charge in [0.2, 0.25) is 0 Å². The van der Waals surface area contributed by atoms with Crippen LogP contribution in [0.2, 0.25) is 5.32 Å². The minimum atomic E-state index is 0.196. The van der Waals surface area contributed by atoms with Gasteiger partial charge in [0.05, 0.1) is 0 Å². The fraction of sp³-hybridized carbons (Fsp3) is 1.00. The Morgan fingerprint density at radius 3 is 2.92 bits per heavy atom. The van der Waals surface area contributed by atoms with Gasteiger partial charge in [-0.15, -0.1) is 0 Å². The van der Waals surface area contributed by atoms with E-state index in [1.165, 1.54) is 23.9 Å². The standard InChI is InChI=1S/C9H18OSSe/c1-4-5-6-11-9(3)10-8(2)7-12-9/h8H,4-7H2,1-3H3/t8-,9+/m1/s1. The van der Waals surface area contributed by atoms with Crippen molar-refractivity contribution in [3.05, 3.63) is 0 Å². The Morgan fingerprint density at radius 2 is 2.42 bits per heavy atom. The van der Waals surface area contributed by atoms with Gasteiger partial charge in [0, 0.05) is 0 Å². The summed E-state index contributed by atoms with van der Waals surface area (Å²) in [7, 11) is 0. The molecule has 1 aliphatic heterocycles. The van der Waals surface area contributed by atoms with Gasteiger partial charge >= 0.3 is 86.1 Å². The zero-order valence-corrected chi connectivity index (χ0v) is 10.7. The molecule has 0 aliphatic carbocycles. The molecule has 0 amide bonds. The van der Waals surface area contributed by atoms with E-state index in [1.54, 1.807) is 0 Å². The molecule has 0 saturated carbocycles. The summed E-state index contributed by atoms with van der Waals surface area (Å²) < 4.78 is 6.08. The Labute approximate surface area is 86.2 Å². The summed E-state index contributed by atoms with van der Waals surface area (Å²) in [6.07, 6.45) is 3.13. The molecule has 0 spiro atoms. The van der Waals surface area contributed by atoms with Gasteiger partial charge in [-0.05, 0) is 0 Å². The predicted octanol–water partition coefficient (Wildman–Crippen LogP) is 2.73. The van der Waals surface area contributed by atoms with Gasteiger partial charge in [0.15, 0.2) is 0 Å². The monoisotopic (exact) mass is 254 g/mol. The first kappa shape index (κ1) is 10.9. The first-order chi connectivity index (χ1) is 5.66. The molecule has 1 fully saturated rings. The number of rotatable bonds is 4. The van der Waals surface area contributed by atoms with Crippen LogP contribution in [0.4, 0.5) is 0 Å². The molecule has 1 nitrogen and oxygen atoms in total. The molecule has 0 aromatic carbocycles. The van der Waals surface area contributed by atoms with Crippen molar-refractivity contribution in [1.82, 2.24) is 0 Å². The van der Waals surface area contributed by atoms with E-state index in [2.05, 4.69) is 20.8 Å². The van der Waals surface area contributed by atoms with E-state index in [-0.39, 0.29) is 3.83 Å². The summed E-state index contributed by atoms with van der Waals surface area (Å²) in [6, 6.07) is 0. The second kappa shape index (κ2) is 4.90.